The molecule has 108 valence electrons. The van der Waals surface area contributed by atoms with E-state index in [0.29, 0.717) is 19.3 Å². The molecule has 1 aromatic rings. The molecule has 0 bridgehead atoms. The van der Waals surface area contributed by atoms with Crippen molar-refractivity contribution in [1.82, 2.24) is 0 Å². The van der Waals surface area contributed by atoms with Crippen LogP contribution in [0, 0.1) is 5.92 Å². The molecule has 3 N–H and O–H groups in total. The third-order valence-electron chi connectivity index (χ3n) is 3.62. The zero-order chi connectivity index (χ0) is 14.7. The number of amides is 1. The van der Waals surface area contributed by atoms with Gasteiger partial charge in [0.25, 0.3) is 0 Å². The van der Waals surface area contributed by atoms with Gasteiger partial charge in [-0.15, -0.1) is 0 Å². The van der Waals surface area contributed by atoms with E-state index in [1.807, 2.05) is 31.2 Å². The van der Waals surface area contributed by atoms with Crippen LogP contribution in [0.2, 0.25) is 0 Å². The quantitative estimate of drug-likeness (QED) is 0.870. The number of aliphatic carboxylic acids is 1. The number of hydrogen-bond donors (Lipinski definition) is 2. The molecule has 1 aromatic carbocycles. The van der Waals surface area contributed by atoms with Crippen LogP contribution in [-0.4, -0.2) is 29.6 Å². The van der Waals surface area contributed by atoms with Crippen molar-refractivity contribution in [2.45, 2.75) is 32.2 Å². The predicted molar refractivity (Wildman–Crippen MR) is 76.5 cm³/mol. The van der Waals surface area contributed by atoms with Gasteiger partial charge in [-0.2, -0.15) is 0 Å². The summed E-state index contributed by atoms with van der Waals surface area (Å²) in [4.78, 5) is 25.1. The highest BCUT2D eigenvalue weighted by Crippen LogP contribution is 2.30. The van der Waals surface area contributed by atoms with Crippen LogP contribution >= 0.6 is 0 Å². The number of nitrogens with zero attached hydrogens (tertiary/aromatic N) is 1. The van der Waals surface area contributed by atoms with Crippen molar-refractivity contribution in [1.29, 1.82) is 0 Å². The molecule has 2 atom stereocenters. The van der Waals surface area contributed by atoms with Crippen LogP contribution in [0.5, 0.6) is 0 Å². The van der Waals surface area contributed by atoms with Gasteiger partial charge in [-0.1, -0.05) is 18.2 Å². The van der Waals surface area contributed by atoms with Crippen molar-refractivity contribution in [2.24, 2.45) is 11.7 Å². The molecule has 0 fully saturated rings. The van der Waals surface area contributed by atoms with Crippen molar-refractivity contribution in [2.75, 3.05) is 11.4 Å². The number of carbonyl (C=O) groups excluding carboxylic acids is 1. The highest BCUT2D eigenvalue weighted by molar-refractivity contribution is 5.95. The lowest BCUT2D eigenvalue weighted by Crippen LogP contribution is -2.42. The molecule has 0 saturated heterocycles. The number of rotatable bonds is 4. The van der Waals surface area contributed by atoms with E-state index < -0.39 is 11.9 Å². The van der Waals surface area contributed by atoms with Crippen LogP contribution in [-0.2, 0) is 16.0 Å². The third kappa shape index (κ3) is 3.17. The molecule has 0 spiro atoms. The molecule has 1 aliphatic heterocycles. The minimum absolute atomic E-state index is 0.0331. The van der Waals surface area contributed by atoms with Crippen LogP contribution in [0.15, 0.2) is 24.3 Å². The number of fused-ring (bicyclic) bond motifs is 1. The standard InChI is InChI=1S/C15H20N2O3/c1-10(16)6-7-14(18)17-9-12(15(19)20)8-11-4-2-3-5-13(11)17/h2-5,10,12H,6-9,16H2,1H3,(H,19,20). The second-order valence-electron chi connectivity index (χ2n) is 5.39. The van der Waals surface area contributed by atoms with Gasteiger partial charge in [0.1, 0.15) is 0 Å². The van der Waals surface area contributed by atoms with Crippen molar-refractivity contribution >= 4 is 17.6 Å². The summed E-state index contributed by atoms with van der Waals surface area (Å²) in [5, 5.41) is 9.22. The predicted octanol–water partition coefficient (Wildman–Crippen LogP) is 1.40. The first-order valence-electron chi connectivity index (χ1n) is 6.85. The Morgan fingerprint density at radius 2 is 2.15 bits per heavy atom. The van der Waals surface area contributed by atoms with Gasteiger partial charge in [0, 0.05) is 24.7 Å². The van der Waals surface area contributed by atoms with Gasteiger partial charge < -0.3 is 15.7 Å². The molecule has 20 heavy (non-hydrogen) atoms. The van der Waals surface area contributed by atoms with Crippen LogP contribution < -0.4 is 10.6 Å². The molecule has 0 aliphatic carbocycles. The Bertz CT molecular complexity index is 514. The third-order valence-corrected chi connectivity index (χ3v) is 3.62. The molecule has 0 aromatic heterocycles. The molecule has 2 rings (SSSR count). The number of nitrogens with two attached hydrogens (primary N) is 1. The number of hydrogen-bond acceptors (Lipinski definition) is 3. The molecule has 1 aliphatic rings. The van der Waals surface area contributed by atoms with Crippen molar-refractivity contribution in [3.8, 4) is 0 Å². The average molecular weight is 276 g/mol. The average Bonchev–Trinajstić information content (AvgIpc) is 2.43. The van der Waals surface area contributed by atoms with Gasteiger partial charge in [0.15, 0.2) is 0 Å². The minimum Gasteiger partial charge on any atom is -0.481 e. The van der Waals surface area contributed by atoms with Gasteiger partial charge in [-0.05, 0) is 31.4 Å². The maximum Gasteiger partial charge on any atom is 0.308 e. The number of carboxylic acid groups (broad SMARTS) is 1. The Kier molecular flexibility index (Phi) is 4.39. The molecule has 0 saturated carbocycles. The zero-order valence-electron chi connectivity index (χ0n) is 11.6. The van der Waals surface area contributed by atoms with Crippen molar-refractivity contribution < 1.29 is 14.7 Å². The summed E-state index contributed by atoms with van der Waals surface area (Å²) >= 11 is 0. The van der Waals surface area contributed by atoms with E-state index >= 15 is 0 Å². The van der Waals surface area contributed by atoms with E-state index in [4.69, 9.17) is 5.73 Å². The Morgan fingerprint density at radius 1 is 1.45 bits per heavy atom. The summed E-state index contributed by atoms with van der Waals surface area (Å²) in [6.45, 7) is 2.10. The Balaban J connectivity index is 2.22. The van der Waals surface area contributed by atoms with Crippen LogP contribution in [0.25, 0.3) is 0 Å². The molecule has 1 amide bonds. The van der Waals surface area contributed by atoms with E-state index in [-0.39, 0.29) is 18.5 Å². The molecule has 2 unspecified atom stereocenters. The fourth-order valence-electron chi connectivity index (χ4n) is 2.48. The Labute approximate surface area is 118 Å². The summed E-state index contributed by atoms with van der Waals surface area (Å²) in [6, 6.07) is 7.46. The maximum atomic E-state index is 12.3. The minimum atomic E-state index is -0.857. The molecule has 0 radical (unpaired) electrons. The van der Waals surface area contributed by atoms with Gasteiger partial charge in [-0.25, -0.2) is 0 Å². The number of benzene rings is 1. The van der Waals surface area contributed by atoms with Gasteiger partial charge >= 0.3 is 5.97 Å². The summed E-state index contributed by atoms with van der Waals surface area (Å²) in [6.07, 6.45) is 1.43. The van der Waals surface area contributed by atoms with E-state index in [0.717, 1.165) is 11.3 Å². The van der Waals surface area contributed by atoms with Crippen LogP contribution in [0.1, 0.15) is 25.3 Å². The van der Waals surface area contributed by atoms with Crippen LogP contribution in [0.4, 0.5) is 5.69 Å². The maximum absolute atomic E-state index is 12.3. The zero-order valence-corrected chi connectivity index (χ0v) is 11.6. The summed E-state index contributed by atoms with van der Waals surface area (Å²) in [5.74, 6) is -1.45. The Morgan fingerprint density at radius 3 is 2.80 bits per heavy atom. The molecule has 1 heterocycles. The van der Waals surface area contributed by atoms with E-state index in [2.05, 4.69) is 0 Å². The molecular weight excluding hydrogens is 256 g/mol. The van der Waals surface area contributed by atoms with Crippen molar-refractivity contribution in [3.05, 3.63) is 29.8 Å². The summed E-state index contributed by atoms with van der Waals surface area (Å²) in [5.41, 5.74) is 7.43. The number of carbonyl (C=O) groups is 2. The van der Waals surface area contributed by atoms with E-state index in [1.54, 1.807) is 4.90 Å². The second-order valence-corrected chi connectivity index (χ2v) is 5.39. The van der Waals surface area contributed by atoms with Gasteiger partial charge in [0.2, 0.25) is 5.91 Å². The number of carboxylic acids is 1. The lowest BCUT2D eigenvalue weighted by molar-refractivity contribution is -0.141. The SMILES string of the molecule is CC(N)CCC(=O)N1CC(C(=O)O)Cc2ccccc21. The van der Waals surface area contributed by atoms with Crippen LogP contribution in [0.3, 0.4) is 0 Å². The second kappa shape index (κ2) is 6.05. The van der Waals surface area contributed by atoms with E-state index in [9.17, 15) is 14.7 Å². The number of anilines is 1. The first kappa shape index (κ1) is 14.5. The van der Waals surface area contributed by atoms with Gasteiger partial charge in [-0.3, -0.25) is 9.59 Å². The lowest BCUT2D eigenvalue weighted by Gasteiger charge is -2.33. The molecule has 5 heteroatoms. The lowest BCUT2D eigenvalue weighted by atomic mass is 9.92. The largest absolute Gasteiger partial charge is 0.481 e. The normalized spacial score (nSPS) is 19.3. The highest BCUT2D eigenvalue weighted by atomic mass is 16.4. The first-order valence-corrected chi connectivity index (χ1v) is 6.85. The summed E-state index contributed by atoms with van der Waals surface area (Å²) < 4.78 is 0. The highest BCUT2D eigenvalue weighted by Gasteiger charge is 2.31. The number of para-hydroxylation sites is 1. The monoisotopic (exact) mass is 276 g/mol. The van der Waals surface area contributed by atoms with Gasteiger partial charge in [0.05, 0.1) is 5.92 Å². The van der Waals surface area contributed by atoms with Crippen molar-refractivity contribution in [3.63, 3.8) is 0 Å². The van der Waals surface area contributed by atoms with E-state index in [1.165, 1.54) is 0 Å². The fourth-order valence-corrected chi connectivity index (χ4v) is 2.48. The smallest absolute Gasteiger partial charge is 0.308 e. The Hall–Kier alpha value is -1.88. The fraction of sp³-hybridized carbons (Fsp3) is 0.467. The molecular formula is C15H20N2O3. The summed E-state index contributed by atoms with van der Waals surface area (Å²) in [7, 11) is 0. The first-order chi connectivity index (χ1) is 9.49. The molecule has 5 nitrogen and oxygen atoms in total. The topological polar surface area (TPSA) is 83.6 Å².